The van der Waals surface area contributed by atoms with Crippen molar-refractivity contribution in [3.05, 3.63) is 54.0 Å². The van der Waals surface area contributed by atoms with Gasteiger partial charge in [0.25, 0.3) is 5.91 Å². The Morgan fingerprint density at radius 1 is 1.12 bits per heavy atom. The van der Waals surface area contributed by atoms with Crippen LogP contribution in [0.3, 0.4) is 0 Å². The van der Waals surface area contributed by atoms with Crippen LogP contribution in [-0.2, 0) is 0 Å². The summed E-state index contributed by atoms with van der Waals surface area (Å²) < 4.78 is 1.73. The zero-order valence-electron chi connectivity index (χ0n) is 14.0. The number of hydrogen-bond donors (Lipinski definition) is 1. The van der Waals surface area contributed by atoms with Crippen LogP contribution in [0.5, 0.6) is 0 Å². The van der Waals surface area contributed by atoms with Crippen LogP contribution in [0.1, 0.15) is 41.4 Å². The van der Waals surface area contributed by atoms with Crippen LogP contribution >= 0.6 is 0 Å². The molecule has 130 valence electrons. The zero-order valence-corrected chi connectivity index (χ0v) is 14.0. The second-order valence-corrected chi connectivity index (χ2v) is 6.52. The molecule has 1 amide bonds. The molecule has 1 N–H and O–H groups in total. The monoisotopic (exact) mass is 347 g/mol. The van der Waals surface area contributed by atoms with Gasteiger partial charge in [-0.25, -0.2) is 9.50 Å². The predicted molar refractivity (Wildman–Crippen MR) is 94.5 cm³/mol. The Morgan fingerprint density at radius 2 is 2.04 bits per heavy atom. The average molecular weight is 347 g/mol. The molecular weight excluding hydrogens is 330 g/mol. The fourth-order valence-electron chi connectivity index (χ4n) is 3.63. The van der Waals surface area contributed by atoms with Crippen LogP contribution in [0.2, 0.25) is 0 Å². The van der Waals surface area contributed by atoms with E-state index in [1.165, 1.54) is 0 Å². The molecule has 0 spiro atoms. The third kappa shape index (κ3) is 2.42. The fourth-order valence-corrected chi connectivity index (χ4v) is 3.63. The van der Waals surface area contributed by atoms with Crippen molar-refractivity contribution in [3.63, 3.8) is 0 Å². The lowest BCUT2D eigenvalue weighted by Gasteiger charge is -2.35. The number of carbonyl (C=O) groups is 1. The molecule has 0 saturated carbocycles. The number of nitrogens with one attached hydrogen (secondary N) is 1. The van der Waals surface area contributed by atoms with E-state index in [2.05, 4.69) is 20.5 Å². The predicted octanol–water partition coefficient (Wildman–Crippen LogP) is 2.37. The Labute approximate surface area is 148 Å². The number of amides is 1. The Hall–Kier alpha value is -3.29. The van der Waals surface area contributed by atoms with Crippen LogP contribution in [0.25, 0.3) is 16.7 Å². The fraction of sp³-hybridized carbons (Fsp3) is 0.278. The summed E-state index contributed by atoms with van der Waals surface area (Å²) in [6, 6.07) is 9.23. The van der Waals surface area contributed by atoms with Crippen molar-refractivity contribution < 1.29 is 4.79 Å². The molecule has 1 aliphatic heterocycles. The van der Waals surface area contributed by atoms with Crippen molar-refractivity contribution in [1.82, 2.24) is 34.9 Å². The summed E-state index contributed by atoms with van der Waals surface area (Å²) >= 11 is 0. The third-order valence-electron chi connectivity index (χ3n) is 4.95. The number of rotatable bonds is 2. The molecule has 5 rings (SSSR count). The van der Waals surface area contributed by atoms with Crippen LogP contribution in [0.4, 0.5) is 0 Å². The van der Waals surface area contributed by atoms with Crippen molar-refractivity contribution in [1.29, 1.82) is 0 Å². The Morgan fingerprint density at radius 3 is 3.00 bits per heavy atom. The van der Waals surface area contributed by atoms with Gasteiger partial charge in [-0.05, 0) is 43.5 Å². The van der Waals surface area contributed by atoms with Gasteiger partial charge in [0.1, 0.15) is 11.0 Å². The molecule has 8 nitrogen and oxygen atoms in total. The number of benzene rings is 1. The first-order valence-electron chi connectivity index (χ1n) is 8.71. The first-order chi connectivity index (χ1) is 12.8. The van der Waals surface area contributed by atoms with Gasteiger partial charge >= 0.3 is 0 Å². The summed E-state index contributed by atoms with van der Waals surface area (Å²) in [6.45, 7) is 0.729. The highest BCUT2D eigenvalue weighted by atomic mass is 16.2. The normalized spacial score (nSPS) is 17.8. The Kier molecular flexibility index (Phi) is 3.41. The smallest absolute Gasteiger partial charge is 0.254 e. The standard InChI is InChI=1S/C18H17N7O/c26-18(12-4-5-13-15(11-12)22-23-21-13)24-9-2-1-3-16(24)14-7-10-25-17(20-14)6-8-19-25/h4-8,10-11,16H,1-3,9H2,(H,21,22,23)/t16-/m0/s1. The maximum atomic E-state index is 13.2. The molecule has 1 saturated heterocycles. The van der Waals surface area contributed by atoms with Crippen LogP contribution < -0.4 is 0 Å². The summed E-state index contributed by atoms with van der Waals surface area (Å²) in [5.74, 6) is 0.00906. The van der Waals surface area contributed by atoms with E-state index in [0.29, 0.717) is 11.1 Å². The van der Waals surface area contributed by atoms with Gasteiger partial charge in [-0.1, -0.05) is 0 Å². The maximum absolute atomic E-state index is 13.2. The second kappa shape index (κ2) is 5.91. The molecule has 1 aliphatic rings. The van der Waals surface area contributed by atoms with Gasteiger partial charge in [0.05, 0.1) is 17.9 Å². The number of hydrogen-bond acceptors (Lipinski definition) is 5. The number of fused-ring (bicyclic) bond motifs is 2. The molecular formula is C18H17N7O. The Balaban J connectivity index is 1.51. The topological polar surface area (TPSA) is 92.1 Å². The van der Waals surface area contributed by atoms with Gasteiger partial charge in [0.15, 0.2) is 5.65 Å². The molecule has 4 aromatic rings. The SMILES string of the molecule is O=C(c1ccc2n[nH]nc2c1)N1CCCC[C@H]1c1ccn2nccc2n1. The van der Waals surface area contributed by atoms with E-state index in [1.54, 1.807) is 16.8 Å². The zero-order chi connectivity index (χ0) is 17.5. The van der Waals surface area contributed by atoms with Gasteiger partial charge in [-0.2, -0.15) is 20.5 Å². The van der Waals surface area contributed by atoms with Crippen LogP contribution in [0.15, 0.2) is 42.7 Å². The van der Waals surface area contributed by atoms with Crippen LogP contribution in [-0.4, -0.2) is 47.4 Å². The van der Waals surface area contributed by atoms with Crippen molar-refractivity contribution >= 4 is 22.6 Å². The van der Waals surface area contributed by atoms with E-state index in [-0.39, 0.29) is 11.9 Å². The maximum Gasteiger partial charge on any atom is 0.254 e. The lowest BCUT2D eigenvalue weighted by molar-refractivity contribution is 0.0606. The van der Waals surface area contributed by atoms with E-state index in [4.69, 9.17) is 4.98 Å². The van der Waals surface area contributed by atoms with Gasteiger partial charge in [-0.15, -0.1) is 0 Å². The highest BCUT2D eigenvalue weighted by Gasteiger charge is 2.30. The Bertz CT molecular complexity index is 1100. The molecule has 0 aliphatic carbocycles. The van der Waals surface area contributed by atoms with Crippen molar-refractivity contribution in [3.8, 4) is 0 Å². The number of likely N-dealkylation sites (tertiary alicyclic amines) is 1. The highest BCUT2D eigenvalue weighted by molar-refractivity contribution is 5.97. The van der Waals surface area contributed by atoms with Gasteiger partial charge in [-0.3, -0.25) is 4.79 Å². The number of aromatic amines is 1. The number of aromatic nitrogens is 6. The largest absolute Gasteiger partial charge is 0.330 e. The molecule has 26 heavy (non-hydrogen) atoms. The number of carbonyl (C=O) groups excluding carboxylic acids is 1. The molecule has 4 heterocycles. The summed E-state index contributed by atoms with van der Waals surface area (Å²) in [4.78, 5) is 19.8. The minimum atomic E-state index is -0.0239. The van der Waals surface area contributed by atoms with Crippen molar-refractivity contribution in [2.24, 2.45) is 0 Å². The summed E-state index contributed by atoms with van der Waals surface area (Å²) in [5, 5.41) is 14.9. The van der Waals surface area contributed by atoms with E-state index in [0.717, 1.165) is 42.7 Å². The molecule has 0 bridgehead atoms. The highest BCUT2D eigenvalue weighted by Crippen LogP contribution is 2.31. The summed E-state index contributed by atoms with van der Waals surface area (Å²) in [5.41, 5.74) is 3.79. The first kappa shape index (κ1) is 15.0. The van der Waals surface area contributed by atoms with Crippen molar-refractivity contribution in [2.45, 2.75) is 25.3 Å². The summed E-state index contributed by atoms with van der Waals surface area (Å²) in [7, 11) is 0. The first-order valence-corrected chi connectivity index (χ1v) is 8.71. The lowest BCUT2D eigenvalue weighted by atomic mass is 9.98. The number of nitrogens with zero attached hydrogens (tertiary/aromatic N) is 6. The van der Waals surface area contributed by atoms with Gasteiger partial charge in [0, 0.05) is 24.4 Å². The summed E-state index contributed by atoms with van der Waals surface area (Å²) in [6.07, 6.45) is 6.63. The molecule has 8 heteroatoms. The third-order valence-corrected chi connectivity index (χ3v) is 4.95. The molecule has 1 aromatic carbocycles. The van der Waals surface area contributed by atoms with E-state index in [1.807, 2.05) is 35.4 Å². The van der Waals surface area contributed by atoms with E-state index >= 15 is 0 Å². The van der Waals surface area contributed by atoms with E-state index < -0.39 is 0 Å². The quantitative estimate of drug-likeness (QED) is 0.601. The minimum absolute atomic E-state index is 0.00906. The number of H-pyrrole nitrogens is 1. The molecule has 0 unspecified atom stereocenters. The molecule has 0 radical (unpaired) electrons. The second-order valence-electron chi connectivity index (χ2n) is 6.52. The van der Waals surface area contributed by atoms with Gasteiger partial charge < -0.3 is 4.90 Å². The number of piperidine rings is 1. The van der Waals surface area contributed by atoms with Gasteiger partial charge in [0.2, 0.25) is 0 Å². The molecule has 1 atom stereocenters. The van der Waals surface area contributed by atoms with Crippen molar-refractivity contribution in [2.75, 3.05) is 6.54 Å². The minimum Gasteiger partial charge on any atom is -0.330 e. The molecule has 1 fully saturated rings. The lowest BCUT2D eigenvalue weighted by Crippen LogP contribution is -2.38. The molecule has 3 aromatic heterocycles. The van der Waals surface area contributed by atoms with E-state index in [9.17, 15) is 4.79 Å². The van der Waals surface area contributed by atoms with Crippen LogP contribution in [0, 0.1) is 0 Å². The average Bonchev–Trinajstić information content (AvgIpc) is 3.35.